The Hall–Kier alpha value is -2.09. The molecule has 0 saturated carbocycles. The van der Waals surface area contributed by atoms with E-state index in [9.17, 15) is 12.8 Å². The summed E-state index contributed by atoms with van der Waals surface area (Å²) >= 11 is 0. The first-order valence-corrected chi connectivity index (χ1v) is 7.50. The van der Waals surface area contributed by atoms with Crippen LogP contribution >= 0.6 is 0 Å². The van der Waals surface area contributed by atoms with Crippen molar-refractivity contribution in [2.24, 2.45) is 7.05 Å². The number of sulfone groups is 1. The average Bonchev–Trinajstić information content (AvgIpc) is 2.68. The highest BCUT2D eigenvalue weighted by molar-refractivity contribution is 7.90. The molecule has 0 radical (unpaired) electrons. The number of hydrogen-bond acceptors (Lipinski definition) is 5. The van der Waals surface area contributed by atoms with E-state index >= 15 is 0 Å². The number of rotatable bonds is 3. The lowest BCUT2D eigenvalue weighted by molar-refractivity contribution is 0.413. The molecule has 108 valence electrons. The van der Waals surface area contributed by atoms with Crippen LogP contribution in [0.15, 0.2) is 23.2 Å². The Kier molecular flexibility index (Phi) is 3.43. The minimum atomic E-state index is -3.68. The second-order valence-electron chi connectivity index (χ2n) is 4.32. The summed E-state index contributed by atoms with van der Waals surface area (Å²) in [5.74, 6) is -0.312. The van der Waals surface area contributed by atoms with E-state index in [0.29, 0.717) is 16.9 Å². The van der Waals surface area contributed by atoms with Crippen molar-refractivity contribution in [3.05, 3.63) is 24.1 Å². The molecule has 6 nitrogen and oxygen atoms in total. The van der Waals surface area contributed by atoms with Crippen molar-refractivity contribution in [3.63, 3.8) is 0 Å². The van der Waals surface area contributed by atoms with Gasteiger partial charge in [0.1, 0.15) is 22.3 Å². The molecule has 1 aromatic carbocycles. The average molecular weight is 299 g/mol. The van der Waals surface area contributed by atoms with Gasteiger partial charge in [-0.25, -0.2) is 12.8 Å². The molecule has 0 unspecified atom stereocenters. The second kappa shape index (κ2) is 4.78. The number of methoxy groups -OCH3 is 1. The molecular formula is C12H14FN3O3S. The van der Waals surface area contributed by atoms with Crippen LogP contribution in [0.4, 0.5) is 10.2 Å². The van der Waals surface area contributed by atoms with Crippen LogP contribution in [0.25, 0.3) is 11.1 Å². The van der Waals surface area contributed by atoms with E-state index in [1.54, 1.807) is 7.05 Å². The van der Waals surface area contributed by atoms with Crippen LogP contribution in [0, 0.1) is 5.82 Å². The Balaban J connectivity index is 2.73. The molecule has 8 heteroatoms. The molecule has 0 amide bonds. The zero-order valence-corrected chi connectivity index (χ0v) is 12.0. The van der Waals surface area contributed by atoms with Gasteiger partial charge in [0.2, 0.25) is 0 Å². The zero-order valence-electron chi connectivity index (χ0n) is 11.2. The van der Waals surface area contributed by atoms with Gasteiger partial charge in [0.15, 0.2) is 9.84 Å². The van der Waals surface area contributed by atoms with Crippen LogP contribution < -0.4 is 10.5 Å². The van der Waals surface area contributed by atoms with Crippen molar-refractivity contribution in [2.75, 3.05) is 19.1 Å². The molecule has 0 aliphatic rings. The molecule has 1 heterocycles. The number of aryl methyl sites for hydroxylation is 1. The van der Waals surface area contributed by atoms with Crippen molar-refractivity contribution < 1.29 is 17.5 Å². The highest BCUT2D eigenvalue weighted by atomic mass is 32.2. The number of nitrogens with zero attached hydrogens (tertiary/aromatic N) is 2. The van der Waals surface area contributed by atoms with Crippen molar-refractivity contribution in [1.82, 2.24) is 9.78 Å². The minimum absolute atomic E-state index is 0.214. The third kappa shape index (κ3) is 2.34. The van der Waals surface area contributed by atoms with Gasteiger partial charge in [0, 0.05) is 30.5 Å². The Morgan fingerprint density at radius 2 is 2.00 bits per heavy atom. The summed E-state index contributed by atoms with van der Waals surface area (Å²) in [6.07, 6.45) is 2.40. The zero-order chi connectivity index (χ0) is 15.1. The monoisotopic (exact) mass is 299 g/mol. The molecule has 20 heavy (non-hydrogen) atoms. The van der Waals surface area contributed by atoms with Crippen LogP contribution in [-0.4, -0.2) is 31.6 Å². The summed E-state index contributed by atoms with van der Waals surface area (Å²) in [5, 5.41) is 3.96. The lowest BCUT2D eigenvalue weighted by atomic mass is 10.1. The summed E-state index contributed by atoms with van der Waals surface area (Å²) in [6.45, 7) is 0. The van der Waals surface area contributed by atoms with E-state index in [-0.39, 0.29) is 5.75 Å². The maximum atomic E-state index is 14.0. The van der Waals surface area contributed by atoms with E-state index in [2.05, 4.69) is 5.10 Å². The Morgan fingerprint density at radius 3 is 2.45 bits per heavy atom. The number of nitrogen functional groups attached to an aromatic ring is 1. The Bertz CT molecular complexity index is 768. The molecule has 0 fully saturated rings. The summed E-state index contributed by atoms with van der Waals surface area (Å²) in [6, 6.07) is 2.23. The topological polar surface area (TPSA) is 87.2 Å². The highest BCUT2D eigenvalue weighted by Gasteiger charge is 2.20. The van der Waals surface area contributed by atoms with Gasteiger partial charge >= 0.3 is 0 Å². The van der Waals surface area contributed by atoms with E-state index in [1.165, 1.54) is 18.0 Å². The fourth-order valence-electron chi connectivity index (χ4n) is 1.85. The number of anilines is 1. The molecular weight excluding hydrogens is 285 g/mol. The van der Waals surface area contributed by atoms with Crippen LogP contribution in [0.5, 0.6) is 5.75 Å². The van der Waals surface area contributed by atoms with Gasteiger partial charge in [-0.15, -0.1) is 0 Å². The van der Waals surface area contributed by atoms with E-state index < -0.39 is 20.5 Å². The normalized spacial score (nSPS) is 11.6. The lowest BCUT2D eigenvalue weighted by Crippen LogP contribution is -2.03. The van der Waals surface area contributed by atoms with Gasteiger partial charge in [-0.1, -0.05) is 0 Å². The first kappa shape index (κ1) is 14.3. The van der Waals surface area contributed by atoms with Crippen LogP contribution in [0.1, 0.15) is 0 Å². The molecule has 0 atom stereocenters. The van der Waals surface area contributed by atoms with Crippen molar-refractivity contribution >= 4 is 15.7 Å². The molecule has 1 aromatic heterocycles. The summed E-state index contributed by atoms with van der Waals surface area (Å²) in [5.41, 5.74) is 6.66. The highest BCUT2D eigenvalue weighted by Crippen LogP contribution is 2.36. The molecule has 0 spiro atoms. The fraction of sp³-hybridized carbons (Fsp3) is 0.250. The smallest absolute Gasteiger partial charge is 0.178 e. The van der Waals surface area contributed by atoms with Gasteiger partial charge in [-0.05, 0) is 6.07 Å². The number of halogens is 1. The van der Waals surface area contributed by atoms with Gasteiger partial charge in [0.25, 0.3) is 0 Å². The van der Waals surface area contributed by atoms with E-state index in [4.69, 9.17) is 10.5 Å². The minimum Gasteiger partial charge on any atom is -0.496 e. The Labute approximate surface area is 115 Å². The largest absolute Gasteiger partial charge is 0.496 e. The van der Waals surface area contributed by atoms with Crippen LogP contribution in [0.2, 0.25) is 0 Å². The quantitative estimate of drug-likeness (QED) is 0.920. The molecule has 0 saturated heterocycles. The van der Waals surface area contributed by atoms with Crippen LogP contribution in [-0.2, 0) is 16.9 Å². The van der Waals surface area contributed by atoms with Crippen LogP contribution in [0.3, 0.4) is 0 Å². The number of hydrogen-bond donors (Lipinski definition) is 1. The number of ether oxygens (including phenoxy) is 1. The molecule has 2 aromatic rings. The van der Waals surface area contributed by atoms with Crippen molar-refractivity contribution in [1.29, 1.82) is 0 Å². The van der Waals surface area contributed by atoms with E-state index in [0.717, 1.165) is 18.4 Å². The molecule has 0 aliphatic heterocycles. The Morgan fingerprint density at radius 1 is 1.35 bits per heavy atom. The first-order chi connectivity index (χ1) is 9.25. The molecule has 0 bridgehead atoms. The van der Waals surface area contributed by atoms with Gasteiger partial charge in [-0.2, -0.15) is 5.10 Å². The van der Waals surface area contributed by atoms with Gasteiger partial charge in [-0.3, -0.25) is 4.68 Å². The number of benzene rings is 1. The lowest BCUT2D eigenvalue weighted by Gasteiger charge is -2.11. The number of aromatic nitrogens is 2. The molecule has 0 aliphatic carbocycles. The number of nitrogens with two attached hydrogens (primary N) is 1. The SMILES string of the molecule is COc1cc(S(C)(=O)=O)c(F)cc1-c1cnn(C)c1N. The predicted molar refractivity (Wildman–Crippen MR) is 72.7 cm³/mol. The third-order valence-corrected chi connectivity index (χ3v) is 4.04. The molecule has 2 rings (SSSR count). The van der Waals surface area contributed by atoms with E-state index in [1.807, 2.05) is 0 Å². The fourth-order valence-corrected chi connectivity index (χ4v) is 2.59. The summed E-state index contributed by atoms with van der Waals surface area (Å²) < 4.78 is 43.6. The van der Waals surface area contributed by atoms with Crippen molar-refractivity contribution in [2.45, 2.75) is 4.90 Å². The van der Waals surface area contributed by atoms with Gasteiger partial charge < -0.3 is 10.5 Å². The summed E-state index contributed by atoms with van der Waals surface area (Å²) in [4.78, 5) is -0.416. The third-order valence-electron chi connectivity index (χ3n) is 2.93. The van der Waals surface area contributed by atoms with Gasteiger partial charge in [0.05, 0.1) is 13.3 Å². The summed E-state index contributed by atoms with van der Waals surface area (Å²) in [7, 11) is -0.661. The van der Waals surface area contributed by atoms with Crippen molar-refractivity contribution in [3.8, 4) is 16.9 Å². The standard InChI is InChI=1S/C12H14FN3O3S/c1-16-12(14)8(6-15-16)7-4-9(13)11(20(3,17)18)5-10(7)19-2/h4-6H,14H2,1-3H3. The maximum Gasteiger partial charge on any atom is 0.178 e. The molecule has 2 N–H and O–H groups in total. The first-order valence-electron chi connectivity index (χ1n) is 5.61. The maximum absolute atomic E-state index is 14.0. The predicted octanol–water partition coefficient (Wildman–Crippen LogP) is 1.22. The second-order valence-corrected chi connectivity index (χ2v) is 6.31.